The zero-order valence-electron chi connectivity index (χ0n) is 15.3. The Balaban J connectivity index is 1.60. The third-order valence-electron chi connectivity index (χ3n) is 5.05. The minimum Gasteiger partial charge on any atom is -0.492 e. The maximum atomic E-state index is 12.9. The second kappa shape index (κ2) is 6.79. The van der Waals surface area contributed by atoms with Gasteiger partial charge in [-0.25, -0.2) is 4.68 Å². The van der Waals surface area contributed by atoms with Crippen LogP contribution in [-0.2, 0) is 18.3 Å². The Morgan fingerprint density at radius 1 is 1.11 bits per heavy atom. The second-order valence-corrected chi connectivity index (χ2v) is 6.75. The maximum Gasteiger partial charge on any atom is 0.295 e. The predicted octanol–water partition coefficient (Wildman–Crippen LogP) is 2.67. The molecule has 0 fully saturated rings. The Labute approximate surface area is 157 Å². The zero-order chi connectivity index (χ0) is 19.0. The summed E-state index contributed by atoms with van der Waals surface area (Å²) in [6.07, 6.45) is 0.598. The van der Waals surface area contributed by atoms with Gasteiger partial charge in [-0.2, -0.15) is 0 Å². The minimum absolute atomic E-state index is 0.199. The average Bonchev–Trinajstić information content (AvgIpc) is 2.91. The first-order valence-corrected chi connectivity index (χ1v) is 8.92. The van der Waals surface area contributed by atoms with Crippen LogP contribution in [-0.4, -0.2) is 21.9 Å². The lowest BCUT2D eigenvalue weighted by Gasteiger charge is -2.24. The summed E-state index contributed by atoms with van der Waals surface area (Å²) in [6, 6.07) is 17.1. The van der Waals surface area contributed by atoms with E-state index in [-0.39, 0.29) is 17.4 Å². The number of carbonyl (C=O) groups excluding carboxylic acids is 1. The molecule has 0 aliphatic carbocycles. The molecule has 1 aliphatic rings. The van der Waals surface area contributed by atoms with Crippen molar-refractivity contribution in [2.45, 2.75) is 13.3 Å². The van der Waals surface area contributed by atoms with Crippen LogP contribution in [0.1, 0.15) is 11.3 Å². The third-order valence-corrected chi connectivity index (χ3v) is 5.05. The minimum atomic E-state index is -0.330. The highest BCUT2D eigenvalue weighted by atomic mass is 16.5. The van der Waals surface area contributed by atoms with Crippen molar-refractivity contribution < 1.29 is 9.53 Å². The van der Waals surface area contributed by atoms with Crippen molar-refractivity contribution in [3.05, 3.63) is 76.2 Å². The van der Waals surface area contributed by atoms with Gasteiger partial charge in [-0.3, -0.25) is 14.3 Å². The van der Waals surface area contributed by atoms with Crippen LogP contribution < -0.4 is 15.6 Å². The van der Waals surface area contributed by atoms with E-state index in [2.05, 4.69) is 5.32 Å². The van der Waals surface area contributed by atoms with Crippen molar-refractivity contribution in [1.29, 1.82) is 0 Å². The normalized spacial score (nSPS) is 15.7. The fraction of sp³-hybridized carbons (Fsp3) is 0.238. The van der Waals surface area contributed by atoms with E-state index < -0.39 is 0 Å². The van der Waals surface area contributed by atoms with Crippen molar-refractivity contribution in [2.75, 3.05) is 11.9 Å². The smallest absolute Gasteiger partial charge is 0.295 e. The summed E-state index contributed by atoms with van der Waals surface area (Å²) in [5.41, 5.74) is 2.53. The molecule has 1 N–H and O–H groups in total. The number of rotatable bonds is 3. The molecule has 0 saturated heterocycles. The van der Waals surface area contributed by atoms with Crippen LogP contribution in [0, 0.1) is 12.8 Å². The highest BCUT2D eigenvalue weighted by Gasteiger charge is 2.28. The fourth-order valence-corrected chi connectivity index (χ4v) is 3.43. The lowest BCUT2D eigenvalue weighted by molar-refractivity contribution is -0.121. The Kier molecular flexibility index (Phi) is 4.32. The summed E-state index contributed by atoms with van der Waals surface area (Å²) in [7, 11) is 1.80. The first-order valence-electron chi connectivity index (χ1n) is 8.92. The molecule has 27 heavy (non-hydrogen) atoms. The Morgan fingerprint density at radius 2 is 1.81 bits per heavy atom. The molecule has 4 rings (SSSR count). The number of hydrogen-bond acceptors (Lipinski definition) is 3. The van der Waals surface area contributed by atoms with Gasteiger partial charge < -0.3 is 10.1 Å². The number of para-hydroxylation sites is 2. The van der Waals surface area contributed by atoms with Crippen LogP contribution in [0.2, 0.25) is 0 Å². The van der Waals surface area contributed by atoms with Gasteiger partial charge in [-0.1, -0.05) is 36.4 Å². The van der Waals surface area contributed by atoms with Gasteiger partial charge in [-0.15, -0.1) is 0 Å². The zero-order valence-corrected chi connectivity index (χ0v) is 15.3. The monoisotopic (exact) mass is 363 g/mol. The van der Waals surface area contributed by atoms with Gasteiger partial charge in [0.25, 0.3) is 5.56 Å². The Morgan fingerprint density at radius 3 is 2.59 bits per heavy atom. The Bertz CT molecular complexity index is 1050. The number of fused-ring (bicyclic) bond motifs is 1. The van der Waals surface area contributed by atoms with E-state index >= 15 is 0 Å². The second-order valence-electron chi connectivity index (χ2n) is 6.75. The van der Waals surface area contributed by atoms with Crippen LogP contribution in [0.5, 0.6) is 5.75 Å². The quantitative estimate of drug-likeness (QED) is 0.778. The molecule has 0 saturated carbocycles. The van der Waals surface area contributed by atoms with Crippen LogP contribution in [0.25, 0.3) is 5.69 Å². The SMILES string of the molecule is Cc1c(NC(=O)[C@@H]2COc3ccccc3C2)c(=O)n(-c2ccccc2)n1C. The molecule has 1 aromatic heterocycles. The first kappa shape index (κ1) is 17.1. The maximum absolute atomic E-state index is 12.9. The van der Waals surface area contributed by atoms with E-state index in [0.717, 1.165) is 17.0 Å². The number of anilines is 1. The molecule has 1 atom stereocenters. The van der Waals surface area contributed by atoms with E-state index in [1.165, 1.54) is 0 Å². The van der Waals surface area contributed by atoms with Crippen LogP contribution in [0.3, 0.4) is 0 Å². The van der Waals surface area contributed by atoms with E-state index in [9.17, 15) is 9.59 Å². The lowest BCUT2D eigenvalue weighted by Crippen LogP contribution is -2.34. The molecule has 2 heterocycles. The van der Waals surface area contributed by atoms with Crippen LogP contribution in [0.4, 0.5) is 5.69 Å². The molecule has 0 spiro atoms. The number of carbonyl (C=O) groups is 1. The molecule has 1 amide bonds. The lowest BCUT2D eigenvalue weighted by atomic mass is 9.96. The number of aromatic nitrogens is 2. The summed E-state index contributed by atoms with van der Waals surface area (Å²) >= 11 is 0. The van der Waals surface area contributed by atoms with Gasteiger partial charge in [0, 0.05) is 7.05 Å². The summed E-state index contributed by atoms with van der Waals surface area (Å²) in [6.45, 7) is 2.13. The van der Waals surface area contributed by atoms with Gasteiger partial charge in [0.15, 0.2) is 0 Å². The number of amides is 1. The topological polar surface area (TPSA) is 65.3 Å². The molecule has 0 unspecified atom stereocenters. The number of benzene rings is 2. The molecule has 1 aliphatic heterocycles. The molecule has 6 heteroatoms. The largest absolute Gasteiger partial charge is 0.492 e. The van der Waals surface area contributed by atoms with Gasteiger partial charge in [0.2, 0.25) is 5.91 Å². The molecule has 3 aromatic rings. The van der Waals surface area contributed by atoms with Crippen LogP contribution >= 0.6 is 0 Å². The van der Waals surface area contributed by atoms with Gasteiger partial charge in [-0.05, 0) is 37.1 Å². The van der Waals surface area contributed by atoms with Gasteiger partial charge >= 0.3 is 0 Å². The molecule has 138 valence electrons. The number of hydrogen-bond donors (Lipinski definition) is 1. The Hall–Kier alpha value is -3.28. The molecular weight excluding hydrogens is 342 g/mol. The van der Waals surface area contributed by atoms with E-state index in [0.29, 0.717) is 24.4 Å². The van der Waals surface area contributed by atoms with Crippen molar-refractivity contribution in [3.8, 4) is 11.4 Å². The van der Waals surface area contributed by atoms with Gasteiger partial charge in [0.05, 0.1) is 17.3 Å². The van der Waals surface area contributed by atoms with Gasteiger partial charge in [0.1, 0.15) is 18.0 Å². The summed E-state index contributed by atoms with van der Waals surface area (Å²) in [5, 5.41) is 2.84. The average molecular weight is 363 g/mol. The van der Waals surface area contributed by atoms with Crippen molar-refractivity contribution in [1.82, 2.24) is 9.36 Å². The van der Waals surface area contributed by atoms with E-state index in [1.807, 2.05) is 61.5 Å². The third kappa shape index (κ3) is 3.03. The standard InChI is InChI=1S/C21H21N3O3/c1-14-19(21(26)24(23(14)2)17-9-4-3-5-10-17)22-20(25)16-12-15-8-6-7-11-18(15)27-13-16/h3-11,16H,12-13H2,1-2H3,(H,22,25)/t16-/m0/s1. The van der Waals surface area contributed by atoms with E-state index in [4.69, 9.17) is 4.74 Å². The highest BCUT2D eigenvalue weighted by molar-refractivity contribution is 5.93. The van der Waals surface area contributed by atoms with E-state index in [1.54, 1.807) is 16.4 Å². The molecular formula is C21H21N3O3. The summed E-state index contributed by atoms with van der Waals surface area (Å²) in [5.74, 6) is 0.295. The molecule has 0 bridgehead atoms. The van der Waals surface area contributed by atoms with Crippen LogP contribution in [0.15, 0.2) is 59.4 Å². The van der Waals surface area contributed by atoms with Crippen molar-refractivity contribution in [3.63, 3.8) is 0 Å². The number of nitrogens with one attached hydrogen (secondary N) is 1. The number of ether oxygens (including phenoxy) is 1. The summed E-state index contributed by atoms with van der Waals surface area (Å²) < 4.78 is 9.01. The number of nitrogens with zero attached hydrogens (tertiary/aromatic N) is 2. The summed E-state index contributed by atoms with van der Waals surface area (Å²) in [4.78, 5) is 25.7. The fourth-order valence-electron chi connectivity index (χ4n) is 3.43. The molecule has 6 nitrogen and oxygen atoms in total. The molecule has 2 aromatic carbocycles. The van der Waals surface area contributed by atoms with Crippen molar-refractivity contribution >= 4 is 11.6 Å². The highest BCUT2D eigenvalue weighted by Crippen LogP contribution is 2.27. The van der Waals surface area contributed by atoms with Crippen molar-refractivity contribution in [2.24, 2.45) is 13.0 Å². The molecule has 0 radical (unpaired) electrons. The predicted molar refractivity (Wildman–Crippen MR) is 104 cm³/mol. The first-order chi connectivity index (χ1) is 13.1.